The fourth-order valence-corrected chi connectivity index (χ4v) is 2.31. The van der Waals surface area contributed by atoms with Gasteiger partial charge in [0.2, 0.25) is 5.78 Å². The maximum Gasteiger partial charge on any atom is 0.213 e. The first-order chi connectivity index (χ1) is 11.2. The van der Waals surface area contributed by atoms with E-state index in [1.54, 1.807) is 31.5 Å². The van der Waals surface area contributed by atoms with Crippen LogP contribution >= 0.6 is 0 Å². The largest absolute Gasteiger partial charge is 0.493 e. The molecule has 5 heteroatoms. The van der Waals surface area contributed by atoms with E-state index in [0.717, 1.165) is 5.56 Å². The zero-order valence-corrected chi connectivity index (χ0v) is 12.9. The van der Waals surface area contributed by atoms with Gasteiger partial charge in [-0.15, -0.1) is 0 Å². The lowest BCUT2D eigenvalue weighted by Gasteiger charge is -2.08. The van der Waals surface area contributed by atoms with E-state index in [4.69, 9.17) is 9.47 Å². The van der Waals surface area contributed by atoms with Gasteiger partial charge in [0, 0.05) is 17.3 Å². The number of benzene rings is 2. The molecule has 0 atom stereocenters. The second kappa shape index (κ2) is 6.36. The number of ketones is 1. The molecule has 0 fully saturated rings. The number of aromatic amines is 1. The minimum atomic E-state index is -0.176. The summed E-state index contributed by atoms with van der Waals surface area (Å²) in [5, 5.41) is 0. The summed E-state index contributed by atoms with van der Waals surface area (Å²) >= 11 is 0. The predicted molar refractivity (Wildman–Crippen MR) is 87.0 cm³/mol. The van der Waals surface area contributed by atoms with Gasteiger partial charge in [0.15, 0.2) is 11.5 Å². The molecule has 3 rings (SSSR count). The van der Waals surface area contributed by atoms with E-state index in [-0.39, 0.29) is 5.78 Å². The molecule has 1 N–H and O–H groups in total. The molecule has 23 heavy (non-hydrogen) atoms. The summed E-state index contributed by atoms with van der Waals surface area (Å²) in [5.41, 5.74) is 1.78. The first-order valence-corrected chi connectivity index (χ1v) is 7.10. The number of aromatic nitrogens is 2. The van der Waals surface area contributed by atoms with E-state index >= 15 is 0 Å². The van der Waals surface area contributed by atoms with E-state index in [1.165, 1.54) is 7.11 Å². The molecule has 0 saturated carbocycles. The number of carbonyl (C=O) groups is 1. The summed E-state index contributed by atoms with van der Waals surface area (Å²) in [7, 11) is 3.09. The van der Waals surface area contributed by atoms with Crippen molar-refractivity contribution >= 4 is 5.78 Å². The lowest BCUT2D eigenvalue weighted by atomic mass is 10.1. The van der Waals surface area contributed by atoms with Gasteiger partial charge in [-0.3, -0.25) is 4.79 Å². The van der Waals surface area contributed by atoms with E-state index in [1.807, 2.05) is 30.3 Å². The third kappa shape index (κ3) is 2.94. The molecule has 0 aliphatic heterocycles. The van der Waals surface area contributed by atoms with Gasteiger partial charge in [0.05, 0.1) is 14.2 Å². The number of rotatable bonds is 5. The lowest BCUT2D eigenvalue weighted by Crippen LogP contribution is -2.03. The molecule has 5 nitrogen and oxygen atoms in total. The first kappa shape index (κ1) is 14.8. The van der Waals surface area contributed by atoms with Crippen molar-refractivity contribution < 1.29 is 14.3 Å². The van der Waals surface area contributed by atoms with E-state index in [9.17, 15) is 4.79 Å². The number of ether oxygens (including phenoxy) is 2. The number of hydrogen-bond donors (Lipinski definition) is 1. The summed E-state index contributed by atoms with van der Waals surface area (Å²) in [6.45, 7) is 0. The second-order valence-electron chi connectivity index (χ2n) is 4.90. The average Bonchev–Trinajstić information content (AvgIpc) is 3.11. The zero-order valence-electron chi connectivity index (χ0n) is 12.9. The summed E-state index contributed by atoms with van der Waals surface area (Å²) in [6, 6.07) is 14.7. The highest BCUT2D eigenvalue weighted by molar-refractivity contribution is 6.08. The topological polar surface area (TPSA) is 64.2 Å². The van der Waals surface area contributed by atoms with Gasteiger partial charge < -0.3 is 14.5 Å². The number of carbonyl (C=O) groups excluding carboxylic acids is 1. The first-order valence-electron chi connectivity index (χ1n) is 7.10. The third-order valence-electron chi connectivity index (χ3n) is 3.50. The summed E-state index contributed by atoms with van der Waals surface area (Å²) in [6.07, 6.45) is 1.61. The molecular formula is C18H16N2O3. The van der Waals surface area contributed by atoms with Crippen molar-refractivity contribution in [1.82, 2.24) is 9.97 Å². The van der Waals surface area contributed by atoms with E-state index < -0.39 is 0 Å². The van der Waals surface area contributed by atoms with E-state index in [2.05, 4.69) is 9.97 Å². The SMILES string of the molecule is COc1ccc(C(=O)c2c[nH]c(-c3ccccc3)n2)cc1OC. The number of hydrogen-bond acceptors (Lipinski definition) is 4. The van der Waals surface area contributed by atoms with Crippen LogP contribution in [-0.4, -0.2) is 30.0 Å². The van der Waals surface area contributed by atoms with Crippen molar-refractivity contribution in [1.29, 1.82) is 0 Å². The van der Waals surface area contributed by atoms with Crippen molar-refractivity contribution in [3.8, 4) is 22.9 Å². The van der Waals surface area contributed by atoms with Gasteiger partial charge in [-0.05, 0) is 18.2 Å². The van der Waals surface area contributed by atoms with Crippen molar-refractivity contribution in [2.45, 2.75) is 0 Å². The van der Waals surface area contributed by atoms with Crippen LogP contribution in [0, 0.1) is 0 Å². The summed E-state index contributed by atoms with van der Waals surface area (Å²) in [4.78, 5) is 20.0. The van der Waals surface area contributed by atoms with Crippen LogP contribution in [0.15, 0.2) is 54.7 Å². The molecule has 0 saturated heterocycles. The Kier molecular flexibility index (Phi) is 4.10. The maximum absolute atomic E-state index is 12.6. The van der Waals surface area contributed by atoms with Crippen molar-refractivity contribution in [2.24, 2.45) is 0 Å². The molecule has 0 radical (unpaired) electrons. The normalized spacial score (nSPS) is 10.3. The van der Waals surface area contributed by atoms with Crippen molar-refractivity contribution in [2.75, 3.05) is 14.2 Å². The maximum atomic E-state index is 12.6. The van der Waals surface area contributed by atoms with Crippen LogP contribution in [0.3, 0.4) is 0 Å². The molecule has 0 aliphatic carbocycles. The van der Waals surface area contributed by atoms with Gasteiger partial charge in [-0.25, -0.2) is 4.98 Å². The van der Waals surface area contributed by atoms with Gasteiger partial charge in [0.25, 0.3) is 0 Å². The fourth-order valence-electron chi connectivity index (χ4n) is 2.31. The highest BCUT2D eigenvalue weighted by atomic mass is 16.5. The zero-order chi connectivity index (χ0) is 16.2. The Morgan fingerprint density at radius 2 is 1.74 bits per heavy atom. The molecule has 3 aromatic rings. The Balaban J connectivity index is 1.91. The predicted octanol–water partition coefficient (Wildman–Crippen LogP) is 3.32. The van der Waals surface area contributed by atoms with Crippen LogP contribution in [0.1, 0.15) is 16.1 Å². The van der Waals surface area contributed by atoms with Gasteiger partial charge in [0.1, 0.15) is 11.5 Å². The highest BCUT2D eigenvalue weighted by Gasteiger charge is 2.16. The van der Waals surface area contributed by atoms with Crippen LogP contribution in [0.4, 0.5) is 0 Å². The summed E-state index contributed by atoms with van der Waals surface area (Å²) in [5.74, 6) is 1.58. The summed E-state index contributed by atoms with van der Waals surface area (Å²) < 4.78 is 10.4. The minimum Gasteiger partial charge on any atom is -0.493 e. The molecule has 0 unspecified atom stereocenters. The van der Waals surface area contributed by atoms with Gasteiger partial charge >= 0.3 is 0 Å². The van der Waals surface area contributed by atoms with Crippen LogP contribution in [0.5, 0.6) is 11.5 Å². The Morgan fingerprint density at radius 3 is 2.43 bits per heavy atom. The second-order valence-corrected chi connectivity index (χ2v) is 4.90. The Hall–Kier alpha value is -3.08. The molecule has 0 bridgehead atoms. The third-order valence-corrected chi connectivity index (χ3v) is 3.50. The number of imidazole rings is 1. The number of methoxy groups -OCH3 is 2. The van der Waals surface area contributed by atoms with Crippen molar-refractivity contribution in [3.05, 3.63) is 66.0 Å². The van der Waals surface area contributed by atoms with Gasteiger partial charge in [-0.1, -0.05) is 30.3 Å². The quantitative estimate of drug-likeness (QED) is 0.734. The molecule has 116 valence electrons. The molecule has 1 aromatic heterocycles. The Labute approximate surface area is 133 Å². The van der Waals surface area contributed by atoms with Crippen LogP contribution < -0.4 is 9.47 Å². The minimum absolute atomic E-state index is 0.176. The number of nitrogens with zero attached hydrogens (tertiary/aromatic N) is 1. The Bertz CT molecular complexity index is 825. The fraction of sp³-hybridized carbons (Fsp3) is 0.111. The molecule has 0 spiro atoms. The van der Waals surface area contributed by atoms with Crippen LogP contribution in [-0.2, 0) is 0 Å². The smallest absolute Gasteiger partial charge is 0.213 e. The lowest BCUT2D eigenvalue weighted by molar-refractivity contribution is 0.103. The standard InChI is InChI=1S/C18H16N2O3/c1-22-15-9-8-13(10-16(15)23-2)17(21)14-11-19-18(20-14)12-6-4-3-5-7-12/h3-11H,1-2H3,(H,19,20). The Morgan fingerprint density at radius 1 is 1.00 bits per heavy atom. The molecular weight excluding hydrogens is 292 g/mol. The number of nitrogens with one attached hydrogen (secondary N) is 1. The number of H-pyrrole nitrogens is 1. The molecule has 0 aliphatic rings. The molecule has 1 heterocycles. The van der Waals surface area contributed by atoms with Crippen molar-refractivity contribution in [3.63, 3.8) is 0 Å². The van der Waals surface area contributed by atoms with Gasteiger partial charge in [-0.2, -0.15) is 0 Å². The monoisotopic (exact) mass is 308 g/mol. The highest BCUT2D eigenvalue weighted by Crippen LogP contribution is 2.28. The molecule has 2 aromatic carbocycles. The van der Waals surface area contributed by atoms with E-state index in [0.29, 0.717) is 28.6 Å². The molecule has 0 amide bonds. The average molecular weight is 308 g/mol. The van der Waals surface area contributed by atoms with Crippen LogP contribution in [0.25, 0.3) is 11.4 Å². The van der Waals surface area contributed by atoms with Crippen LogP contribution in [0.2, 0.25) is 0 Å².